The smallest absolute Gasteiger partial charge is 0.262 e. The number of carbonyl (C=O) groups excluding carboxylic acids is 1. The number of fused-ring (bicyclic) bond motifs is 2. The quantitative estimate of drug-likeness (QED) is 0.553. The van der Waals surface area contributed by atoms with E-state index in [9.17, 15) is 14.0 Å². The Kier molecular flexibility index (Phi) is 3.74. The highest BCUT2D eigenvalue weighted by Gasteiger charge is 2.16. The Bertz CT molecular complexity index is 1200. The number of anilines is 1. The van der Waals surface area contributed by atoms with E-state index >= 15 is 0 Å². The summed E-state index contributed by atoms with van der Waals surface area (Å²) in [5.74, 6) is -0.973. The summed E-state index contributed by atoms with van der Waals surface area (Å²) in [7, 11) is 0. The molecule has 0 spiro atoms. The molecule has 0 fully saturated rings. The first-order valence-corrected chi connectivity index (χ1v) is 8.40. The van der Waals surface area contributed by atoms with Crippen molar-refractivity contribution in [2.24, 2.45) is 0 Å². The molecule has 0 saturated carbocycles. The van der Waals surface area contributed by atoms with Crippen molar-refractivity contribution in [1.29, 1.82) is 0 Å². The SMILES string of the molecule is O=C(Nc1nc2ccc(F)cc2s1)c1c[nH]c2c(Cl)cccc2c1=O. The van der Waals surface area contributed by atoms with Gasteiger partial charge in [-0.15, -0.1) is 0 Å². The summed E-state index contributed by atoms with van der Waals surface area (Å²) in [4.78, 5) is 32.0. The first kappa shape index (κ1) is 15.7. The average molecular weight is 374 g/mol. The first-order valence-electron chi connectivity index (χ1n) is 7.20. The number of halogens is 2. The van der Waals surface area contributed by atoms with Gasteiger partial charge < -0.3 is 4.98 Å². The Hall–Kier alpha value is -2.77. The highest BCUT2D eigenvalue weighted by Crippen LogP contribution is 2.27. The van der Waals surface area contributed by atoms with Crippen LogP contribution < -0.4 is 10.7 Å². The maximum atomic E-state index is 13.2. The van der Waals surface area contributed by atoms with Gasteiger partial charge in [-0.25, -0.2) is 9.37 Å². The second-order valence-electron chi connectivity index (χ2n) is 5.28. The number of amides is 1. The monoisotopic (exact) mass is 373 g/mol. The second kappa shape index (κ2) is 5.94. The number of para-hydroxylation sites is 1. The minimum absolute atomic E-state index is 0.0554. The molecule has 0 aliphatic rings. The third-order valence-electron chi connectivity index (χ3n) is 3.68. The lowest BCUT2D eigenvalue weighted by atomic mass is 10.1. The molecule has 0 saturated heterocycles. The summed E-state index contributed by atoms with van der Waals surface area (Å²) >= 11 is 7.17. The Labute approximate surface area is 149 Å². The molecular formula is C17H9ClFN3O2S. The lowest BCUT2D eigenvalue weighted by Crippen LogP contribution is -2.21. The van der Waals surface area contributed by atoms with Crippen LogP contribution in [0.3, 0.4) is 0 Å². The molecule has 0 aliphatic carbocycles. The van der Waals surface area contributed by atoms with Crippen molar-refractivity contribution >= 4 is 55.1 Å². The van der Waals surface area contributed by atoms with Gasteiger partial charge in [0.25, 0.3) is 5.91 Å². The van der Waals surface area contributed by atoms with Crippen LogP contribution in [0.15, 0.2) is 47.4 Å². The third kappa shape index (κ3) is 2.77. The van der Waals surface area contributed by atoms with Crippen LogP contribution in [0.5, 0.6) is 0 Å². The number of pyridine rings is 1. The number of H-pyrrole nitrogens is 1. The Morgan fingerprint density at radius 2 is 2.12 bits per heavy atom. The minimum atomic E-state index is -0.595. The lowest BCUT2D eigenvalue weighted by Gasteiger charge is -2.04. The average Bonchev–Trinajstić information content (AvgIpc) is 2.97. The number of carbonyl (C=O) groups is 1. The van der Waals surface area contributed by atoms with Gasteiger partial charge in [-0.05, 0) is 30.3 Å². The van der Waals surface area contributed by atoms with Crippen LogP contribution in [0, 0.1) is 5.82 Å². The van der Waals surface area contributed by atoms with E-state index in [1.165, 1.54) is 24.4 Å². The summed E-state index contributed by atoms with van der Waals surface area (Å²) in [6.45, 7) is 0. The van der Waals surface area contributed by atoms with E-state index in [2.05, 4.69) is 15.3 Å². The molecule has 0 unspecified atom stereocenters. The van der Waals surface area contributed by atoms with Crippen LogP contribution in [0.25, 0.3) is 21.1 Å². The van der Waals surface area contributed by atoms with Crippen LogP contribution in [-0.2, 0) is 0 Å². The second-order valence-corrected chi connectivity index (χ2v) is 6.72. The van der Waals surface area contributed by atoms with Crippen molar-refractivity contribution in [2.45, 2.75) is 0 Å². The molecule has 1 amide bonds. The van der Waals surface area contributed by atoms with Crippen molar-refractivity contribution in [2.75, 3.05) is 5.32 Å². The predicted molar refractivity (Wildman–Crippen MR) is 97.1 cm³/mol. The van der Waals surface area contributed by atoms with E-state index in [0.717, 1.165) is 11.3 Å². The summed E-state index contributed by atoms with van der Waals surface area (Å²) in [6, 6.07) is 9.06. The fraction of sp³-hybridized carbons (Fsp3) is 0. The number of nitrogens with zero attached hydrogens (tertiary/aromatic N) is 1. The normalized spacial score (nSPS) is 11.1. The number of aromatic amines is 1. The predicted octanol–water partition coefficient (Wildman–Crippen LogP) is 4.18. The Balaban J connectivity index is 1.72. The van der Waals surface area contributed by atoms with E-state index in [0.29, 0.717) is 26.1 Å². The van der Waals surface area contributed by atoms with E-state index in [-0.39, 0.29) is 16.5 Å². The Morgan fingerprint density at radius 3 is 2.96 bits per heavy atom. The highest BCUT2D eigenvalue weighted by atomic mass is 35.5. The largest absolute Gasteiger partial charge is 0.359 e. The van der Waals surface area contributed by atoms with Crippen LogP contribution in [-0.4, -0.2) is 15.9 Å². The van der Waals surface area contributed by atoms with E-state index in [1.807, 2.05) is 0 Å². The lowest BCUT2D eigenvalue weighted by molar-refractivity contribution is 0.102. The van der Waals surface area contributed by atoms with Crippen LogP contribution in [0.2, 0.25) is 5.02 Å². The van der Waals surface area contributed by atoms with Crippen molar-refractivity contribution in [3.63, 3.8) is 0 Å². The zero-order valence-electron chi connectivity index (χ0n) is 12.5. The summed E-state index contributed by atoms with van der Waals surface area (Å²) in [6.07, 6.45) is 1.32. The standard InChI is InChI=1S/C17H9ClFN3O2S/c18-11-3-1-2-9-14(11)20-7-10(15(9)23)16(24)22-17-21-12-5-4-8(19)6-13(12)25-17/h1-7H,(H,20,23)(H,21,22,24). The first-order chi connectivity index (χ1) is 12.0. The van der Waals surface area contributed by atoms with Gasteiger partial charge in [0, 0.05) is 11.6 Å². The van der Waals surface area contributed by atoms with Gasteiger partial charge in [-0.3, -0.25) is 14.9 Å². The molecule has 0 radical (unpaired) electrons. The van der Waals surface area contributed by atoms with Crippen LogP contribution >= 0.6 is 22.9 Å². The summed E-state index contributed by atoms with van der Waals surface area (Å²) < 4.78 is 13.8. The number of aromatic nitrogens is 2. The minimum Gasteiger partial charge on any atom is -0.359 e. The molecule has 4 rings (SSSR count). The molecular weight excluding hydrogens is 365 g/mol. The zero-order chi connectivity index (χ0) is 17.6. The van der Waals surface area contributed by atoms with Gasteiger partial charge in [0.1, 0.15) is 11.4 Å². The van der Waals surface area contributed by atoms with Crippen molar-refractivity contribution in [1.82, 2.24) is 9.97 Å². The number of benzene rings is 2. The number of nitrogens with one attached hydrogen (secondary N) is 2. The van der Waals surface area contributed by atoms with Crippen LogP contribution in [0.1, 0.15) is 10.4 Å². The van der Waals surface area contributed by atoms with E-state index < -0.39 is 11.3 Å². The highest BCUT2D eigenvalue weighted by molar-refractivity contribution is 7.22. The molecule has 2 aromatic heterocycles. The van der Waals surface area contributed by atoms with Gasteiger partial charge >= 0.3 is 0 Å². The van der Waals surface area contributed by atoms with Crippen molar-refractivity contribution in [3.8, 4) is 0 Å². The molecule has 25 heavy (non-hydrogen) atoms. The number of rotatable bonds is 2. The number of hydrogen-bond acceptors (Lipinski definition) is 4. The maximum Gasteiger partial charge on any atom is 0.262 e. The molecule has 2 N–H and O–H groups in total. The summed E-state index contributed by atoms with van der Waals surface area (Å²) in [5.41, 5.74) is 0.559. The fourth-order valence-corrected chi connectivity index (χ4v) is 3.61. The fourth-order valence-electron chi connectivity index (χ4n) is 2.50. The molecule has 0 bridgehead atoms. The molecule has 8 heteroatoms. The van der Waals surface area contributed by atoms with Gasteiger partial charge in [-0.1, -0.05) is 29.0 Å². The number of hydrogen-bond donors (Lipinski definition) is 2. The molecule has 0 aliphatic heterocycles. The van der Waals surface area contributed by atoms with Crippen LogP contribution in [0.4, 0.5) is 9.52 Å². The van der Waals surface area contributed by atoms with Gasteiger partial charge in [0.15, 0.2) is 5.13 Å². The topological polar surface area (TPSA) is 74.8 Å². The molecule has 2 heterocycles. The Morgan fingerprint density at radius 1 is 1.28 bits per heavy atom. The number of thiazole rings is 1. The summed E-state index contributed by atoms with van der Waals surface area (Å²) in [5, 5.41) is 3.59. The van der Waals surface area contributed by atoms with Gasteiger partial charge in [0.05, 0.1) is 20.8 Å². The van der Waals surface area contributed by atoms with E-state index in [1.54, 1.807) is 18.2 Å². The van der Waals surface area contributed by atoms with E-state index in [4.69, 9.17) is 11.6 Å². The molecule has 124 valence electrons. The van der Waals surface area contributed by atoms with Crippen molar-refractivity contribution < 1.29 is 9.18 Å². The molecule has 0 atom stereocenters. The zero-order valence-corrected chi connectivity index (χ0v) is 14.0. The van der Waals surface area contributed by atoms with Crippen molar-refractivity contribution in [3.05, 3.63) is 69.2 Å². The molecule has 4 aromatic rings. The third-order valence-corrected chi connectivity index (χ3v) is 4.93. The molecule has 5 nitrogen and oxygen atoms in total. The van der Waals surface area contributed by atoms with Gasteiger partial charge in [0.2, 0.25) is 5.43 Å². The maximum absolute atomic E-state index is 13.2. The molecule has 2 aromatic carbocycles. The van der Waals surface area contributed by atoms with Gasteiger partial charge in [-0.2, -0.15) is 0 Å².